The van der Waals surface area contributed by atoms with Crippen molar-refractivity contribution < 1.29 is 4.74 Å². The molecule has 0 aliphatic carbocycles. The number of nitrogens with one attached hydrogen (secondary N) is 1. The molecule has 15 heavy (non-hydrogen) atoms. The molecule has 84 valence electrons. The molecule has 2 nitrogen and oxygen atoms in total. The lowest BCUT2D eigenvalue weighted by atomic mass is 10.1. The van der Waals surface area contributed by atoms with E-state index in [0.29, 0.717) is 6.04 Å². The zero-order valence-electron chi connectivity index (χ0n) is 9.24. The molecule has 1 saturated heterocycles. The Morgan fingerprint density at radius 3 is 3.20 bits per heavy atom. The molecule has 2 rings (SSSR count). The molecule has 0 saturated carbocycles. The molecule has 0 amide bonds. The lowest BCUT2D eigenvalue weighted by molar-refractivity contribution is 0.0461. The molecule has 0 aromatic carbocycles. The van der Waals surface area contributed by atoms with Gasteiger partial charge in [-0.1, -0.05) is 12.5 Å². The van der Waals surface area contributed by atoms with E-state index in [9.17, 15) is 0 Å². The third kappa shape index (κ3) is 3.30. The van der Waals surface area contributed by atoms with E-state index in [0.717, 1.165) is 13.2 Å². The van der Waals surface area contributed by atoms with Crippen LogP contribution in [-0.2, 0) is 4.74 Å². The van der Waals surface area contributed by atoms with E-state index >= 15 is 0 Å². The van der Waals surface area contributed by atoms with E-state index < -0.39 is 0 Å². The van der Waals surface area contributed by atoms with Gasteiger partial charge in [0.05, 0.1) is 12.7 Å². The van der Waals surface area contributed by atoms with E-state index in [-0.39, 0.29) is 6.10 Å². The predicted molar refractivity (Wildman–Crippen MR) is 64.3 cm³/mol. The Bertz CT molecular complexity index is 267. The SMILES string of the molecule is C[C@@H](OC[C@@H]1CCCCN1)c1cccs1. The molecule has 1 N–H and O–H groups in total. The van der Waals surface area contributed by atoms with Crippen molar-refractivity contribution in [1.82, 2.24) is 5.32 Å². The molecule has 1 fully saturated rings. The van der Waals surface area contributed by atoms with Gasteiger partial charge in [0.25, 0.3) is 0 Å². The molecule has 2 heterocycles. The first kappa shape index (κ1) is 11.1. The quantitative estimate of drug-likeness (QED) is 0.850. The Balaban J connectivity index is 1.73. The molecular weight excluding hydrogens is 206 g/mol. The van der Waals surface area contributed by atoms with Crippen LogP contribution in [0.4, 0.5) is 0 Å². The highest BCUT2D eigenvalue weighted by molar-refractivity contribution is 7.10. The molecule has 0 radical (unpaired) electrons. The molecule has 1 aromatic heterocycles. The van der Waals surface area contributed by atoms with Gasteiger partial charge in [0.1, 0.15) is 0 Å². The van der Waals surface area contributed by atoms with E-state index in [2.05, 4.69) is 29.8 Å². The normalized spacial score (nSPS) is 23.9. The van der Waals surface area contributed by atoms with Crippen molar-refractivity contribution in [2.45, 2.75) is 38.3 Å². The molecule has 1 aromatic rings. The summed E-state index contributed by atoms with van der Waals surface area (Å²) in [6, 6.07) is 4.80. The lowest BCUT2D eigenvalue weighted by Gasteiger charge is -2.24. The Kier molecular flexibility index (Phi) is 4.18. The summed E-state index contributed by atoms with van der Waals surface area (Å²) in [5.41, 5.74) is 0. The second kappa shape index (κ2) is 5.64. The number of ether oxygens (including phenoxy) is 1. The maximum absolute atomic E-state index is 5.87. The fourth-order valence-corrected chi connectivity index (χ4v) is 2.66. The molecule has 0 unspecified atom stereocenters. The maximum Gasteiger partial charge on any atom is 0.0889 e. The van der Waals surface area contributed by atoms with Crippen LogP contribution in [0.1, 0.15) is 37.2 Å². The van der Waals surface area contributed by atoms with Crippen LogP contribution in [0.5, 0.6) is 0 Å². The second-order valence-corrected chi connectivity index (χ2v) is 5.12. The van der Waals surface area contributed by atoms with Gasteiger partial charge in [-0.3, -0.25) is 0 Å². The van der Waals surface area contributed by atoms with Crippen molar-refractivity contribution in [2.75, 3.05) is 13.2 Å². The van der Waals surface area contributed by atoms with Crippen molar-refractivity contribution in [1.29, 1.82) is 0 Å². The van der Waals surface area contributed by atoms with Crippen molar-refractivity contribution in [3.63, 3.8) is 0 Å². The monoisotopic (exact) mass is 225 g/mol. The number of thiophene rings is 1. The average Bonchev–Trinajstić information content (AvgIpc) is 2.81. The van der Waals surface area contributed by atoms with Gasteiger partial charge in [0.2, 0.25) is 0 Å². The number of rotatable bonds is 4. The molecule has 1 aliphatic heterocycles. The van der Waals surface area contributed by atoms with Gasteiger partial charge in [-0.2, -0.15) is 0 Å². The Hall–Kier alpha value is -0.380. The van der Waals surface area contributed by atoms with Crippen LogP contribution in [0.3, 0.4) is 0 Å². The van der Waals surface area contributed by atoms with Crippen molar-refractivity contribution >= 4 is 11.3 Å². The third-order valence-electron chi connectivity index (χ3n) is 2.90. The van der Waals surface area contributed by atoms with Crippen molar-refractivity contribution in [2.24, 2.45) is 0 Å². The Morgan fingerprint density at radius 2 is 2.53 bits per heavy atom. The van der Waals surface area contributed by atoms with Gasteiger partial charge < -0.3 is 10.1 Å². The topological polar surface area (TPSA) is 21.3 Å². The highest BCUT2D eigenvalue weighted by Crippen LogP contribution is 2.22. The molecule has 0 spiro atoms. The van der Waals surface area contributed by atoms with Crippen LogP contribution in [0.15, 0.2) is 17.5 Å². The summed E-state index contributed by atoms with van der Waals surface area (Å²) in [5, 5.41) is 5.60. The largest absolute Gasteiger partial charge is 0.371 e. The minimum Gasteiger partial charge on any atom is -0.371 e. The van der Waals surface area contributed by atoms with E-state index in [4.69, 9.17) is 4.74 Å². The molecule has 2 atom stereocenters. The molecule has 0 bridgehead atoms. The van der Waals surface area contributed by atoms with Gasteiger partial charge in [-0.15, -0.1) is 11.3 Å². The minimum atomic E-state index is 0.244. The summed E-state index contributed by atoms with van der Waals surface area (Å²) in [6.45, 7) is 4.13. The first-order valence-corrected chi connectivity index (χ1v) is 6.62. The molecule has 3 heteroatoms. The average molecular weight is 225 g/mol. The summed E-state index contributed by atoms with van der Waals surface area (Å²) < 4.78 is 5.87. The summed E-state index contributed by atoms with van der Waals surface area (Å²) in [5.74, 6) is 0. The Labute approximate surface area is 95.6 Å². The zero-order chi connectivity index (χ0) is 10.5. The number of piperidine rings is 1. The van der Waals surface area contributed by atoms with Gasteiger partial charge in [-0.25, -0.2) is 0 Å². The predicted octanol–water partition coefficient (Wildman–Crippen LogP) is 2.97. The maximum atomic E-state index is 5.87. The highest BCUT2D eigenvalue weighted by atomic mass is 32.1. The summed E-state index contributed by atoms with van der Waals surface area (Å²) in [7, 11) is 0. The Morgan fingerprint density at radius 1 is 1.60 bits per heavy atom. The van der Waals surface area contributed by atoms with Crippen LogP contribution in [-0.4, -0.2) is 19.2 Å². The molecule has 1 aliphatic rings. The standard InChI is InChI=1S/C12H19NOS/c1-10(12-6-4-8-15-12)14-9-11-5-2-3-7-13-11/h4,6,8,10-11,13H,2-3,5,7,9H2,1H3/t10-,11+/m1/s1. The summed E-state index contributed by atoms with van der Waals surface area (Å²) in [6.07, 6.45) is 4.16. The smallest absolute Gasteiger partial charge is 0.0889 e. The fourth-order valence-electron chi connectivity index (χ4n) is 1.93. The van der Waals surface area contributed by atoms with E-state index in [1.807, 2.05) is 0 Å². The summed E-state index contributed by atoms with van der Waals surface area (Å²) >= 11 is 1.77. The van der Waals surface area contributed by atoms with E-state index in [1.54, 1.807) is 11.3 Å². The molecular formula is C12H19NOS. The van der Waals surface area contributed by atoms with Gasteiger partial charge in [0, 0.05) is 10.9 Å². The van der Waals surface area contributed by atoms with E-state index in [1.165, 1.54) is 24.1 Å². The second-order valence-electron chi connectivity index (χ2n) is 4.14. The van der Waals surface area contributed by atoms with Crippen LogP contribution >= 0.6 is 11.3 Å². The summed E-state index contributed by atoms with van der Waals surface area (Å²) in [4.78, 5) is 1.32. The van der Waals surface area contributed by atoms with Crippen molar-refractivity contribution in [3.8, 4) is 0 Å². The fraction of sp³-hybridized carbons (Fsp3) is 0.667. The number of hydrogen-bond donors (Lipinski definition) is 1. The lowest BCUT2D eigenvalue weighted by Crippen LogP contribution is -2.37. The van der Waals surface area contributed by atoms with Crippen LogP contribution in [0.2, 0.25) is 0 Å². The van der Waals surface area contributed by atoms with Crippen LogP contribution < -0.4 is 5.32 Å². The zero-order valence-corrected chi connectivity index (χ0v) is 10.1. The van der Waals surface area contributed by atoms with Gasteiger partial charge in [-0.05, 0) is 37.8 Å². The third-order valence-corrected chi connectivity index (χ3v) is 3.94. The van der Waals surface area contributed by atoms with Crippen LogP contribution in [0, 0.1) is 0 Å². The van der Waals surface area contributed by atoms with Gasteiger partial charge >= 0.3 is 0 Å². The first-order valence-electron chi connectivity index (χ1n) is 5.74. The minimum absolute atomic E-state index is 0.244. The highest BCUT2D eigenvalue weighted by Gasteiger charge is 2.14. The van der Waals surface area contributed by atoms with Crippen LogP contribution in [0.25, 0.3) is 0 Å². The first-order chi connectivity index (χ1) is 7.36. The van der Waals surface area contributed by atoms with Crippen molar-refractivity contribution in [3.05, 3.63) is 22.4 Å². The number of hydrogen-bond acceptors (Lipinski definition) is 3. The van der Waals surface area contributed by atoms with Gasteiger partial charge in [0.15, 0.2) is 0 Å².